The van der Waals surface area contributed by atoms with Crippen LogP contribution in [0.15, 0.2) is 90.4 Å². The molecule has 1 fully saturated rings. The van der Waals surface area contributed by atoms with E-state index in [2.05, 4.69) is 104 Å². The number of aliphatic hydroxyl groups excluding tert-OH is 1. The Kier molecular flexibility index (Phi) is 6.94. The molecule has 0 saturated carbocycles. The molecule has 1 N–H and O–H groups in total. The molecular formula is C29H38N2O2Si. The molecule has 0 unspecified atom stereocenters. The van der Waals surface area contributed by atoms with E-state index in [1.54, 1.807) is 6.08 Å². The van der Waals surface area contributed by atoms with Crippen molar-refractivity contribution in [3.8, 4) is 5.75 Å². The molecule has 1 aliphatic heterocycles. The maximum absolute atomic E-state index is 9.67. The lowest BCUT2D eigenvalue weighted by Crippen LogP contribution is -2.46. The molecule has 4 rings (SSSR count). The van der Waals surface area contributed by atoms with Gasteiger partial charge in [-0.3, -0.25) is 0 Å². The van der Waals surface area contributed by atoms with Crippen molar-refractivity contribution in [3.05, 3.63) is 95.9 Å². The van der Waals surface area contributed by atoms with E-state index >= 15 is 0 Å². The van der Waals surface area contributed by atoms with E-state index in [-0.39, 0.29) is 11.1 Å². The van der Waals surface area contributed by atoms with Crippen LogP contribution in [-0.2, 0) is 0 Å². The van der Waals surface area contributed by atoms with Crippen molar-refractivity contribution in [2.75, 3.05) is 24.5 Å². The van der Waals surface area contributed by atoms with E-state index in [1.165, 1.54) is 16.8 Å². The normalized spacial score (nSPS) is 20.4. The summed E-state index contributed by atoms with van der Waals surface area (Å²) < 4.78 is 6.48. The van der Waals surface area contributed by atoms with Crippen molar-refractivity contribution < 1.29 is 9.53 Å². The molecule has 0 amide bonds. The Morgan fingerprint density at radius 3 is 2.29 bits per heavy atom. The van der Waals surface area contributed by atoms with Crippen LogP contribution in [0.25, 0.3) is 0 Å². The largest absolute Gasteiger partial charge is 0.544 e. The van der Waals surface area contributed by atoms with Crippen molar-refractivity contribution in [3.63, 3.8) is 0 Å². The van der Waals surface area contributed by atoms with Gasteiger partial charge in [-0.05, 0) is 72.1 Å². The highest BCUT2D eigenvalue weighted by molar-refractivity contribution is 6.74. The molecule has 2 aromatic rings. The summed E-state index contributed by atoms with van der Waals surface area (Å²) in [5, 5.41) is 9.85. The van der Waals surface area contributed by atoms with Crippen LogP contribution in [-0.4, -0.2) is 38.0 Å². The number of hydrogen-bond donors (Lipinski definition) is 1. The SMILES string of the molecule is CC(C)(C)[Si](C)(C)Oc1ccc(N2CCN(C=C3C=CC(O)=CC3)[C@@H](c3ccccc3)C2)cc1. The number of nitrogens with zero attached hydrogens (tertiary/aromatic N) is 2. The highest BCUT2D eigenvalue weighted by Crippen LogP contribution is 2.38. The maximum Gasteiger partial charge on any atom is 0.250 e. The molecule has 1 heterocycles. The number of benzene rings is 2. The Balaban J connectivity index is 1.52. The fourth-order valence-corrected chi connectivity index (χ4v) is 5.22. The first kappa shape index (κ1) is 24.2. The number of aliphatic hydroxyl groups is 1. The van der Waals surface area contributed by atoms with E-state index in [0.29, 0.717) is 5.76 Å². The topological polar surface area (TPSA) is 35.9 Å². The van der Waals surface area contributed by atoms with Crippen molar-refractivity contribution in [1.82, 2.24) is 4.90 Å². The minimum atomic E-state index is -1.84. The van der Waals surface area contributed by atoms with Gasteiger partial charge in [0.2, 0.25) is 8.32 Å². The van der Waals surface area contributed by atoms with Crippen LogP contribution in [0.4, 0.5) is 5.69 Å². The second-order valence-electron chi connectivity index (χ2n) is 10.8. The first-order chi connectivity index (χ1) is 16.1. The molecule has 0 aromatic heterocycles. The Morgan fingerprint density at radius 2 is 1.68 bits per heavy atom. The minimum Gasteiger partial charge on any atom is -0.544 e. The fraction of sp³-hybridized carbons (Fsp3) is 0.379. The fourth-order valence-electron chi connectivity index (χ4n) is 4.19. The lowest BCUT2D eigenvalue weighted by Gasteiger charge is -2.43. The average Bonchev–Trinajstić information content (AvgIpc) is 2.81. The molecule has 2 aromatic carbocycles. The van der Waals surface area contributed by atoms with Crippen molar-refractivity contribution >= 4 is 14.0 Å². The van der Waals surface area contributed by atoms with E-state index in [1.807, 2.05) is 12.2 Å². The summed E-state index contributed by atoms with van der Waals surface area (Å²) in [5.41, 5.74) is 3.78. The van der Waals surface area contributed by atoms with Gasteiger partial charge < -0.3 is 19.3 Å². The van der Waals surface area contributed by atoms with Crippen molar-refractivity contribution in [1.29, 1.82) is 0 Å². The first-order valence-electron chi connectivity index (χ1n) is 12.2. The molecule has 5 heteroatoms. The number of rotatable bonds is 5. The lowest BCUT2D eigenvalue weighted by atomic mass is 10.0. The molecule has 180 valence electrons. The second-order valence-corrected chi connectivity index (χ2v) is 15.6. The molecule has 4 nitrogen and oxygen atoms in total. The summed E-state index contributed by atoms with van der Waals surface area (Å²) in [7, 11) is -1.84. The zero-order valence-corrected chi connectivity index (χ0v) is 22.2. The summed E-state index contributed by atoms with van der Waals surface area (Å²) >= 11 is 0. The summed E-state index contributed by atoms with van der Waals surface area (Å²) in [6.45, 7) is 14.2. The van der Waals surface area contributed by atoms with Gasteiger partial charge in [-0.1, -0.05) is 57.2 Å². The van der Waals surface area contributed by atoms with Crippen molar-refractivity contribution in [2.24, 2.45) is 0 Å². The summed E-state index contributed by atoms with van der Waals surface area (Å²) in [5.74, 6) is 1.32. The van der Waals surface area contributed by atoms with E-state index in [9.17, 15) is 5.11 Å². The zero-order valence-electron chi connectivity index (χ0n) is 21.2. The third-order valence-electron chi connectivity index (χ3n) is 7.33. The van der Waals surface area contributed by atoms with Gasteiger partial charge >= 0.3 is 0 Å². The summed E-state index contributed by atoms with van der Waals surface area (Å²) in [6, 6.07) is 19.7. The van der Waals surface area contributed by atoms with Crippen LogP contribution in [0, 0.1) is 0 Å². The van der Waals surface area contributed by atoms with Crippen LogP contribution < -0.4 is 9.33 Å². The third-order valence-corrected chi connectivity index (χ3v) is 11.7. The maximum atomic E-state index is 9.67. The molecule has 2 aliphatic rings. The van der Waals surface area contributed by atoms with Crippen molar-refractivity contribution in [2.45, 2.75) is 51.4 Å². The quantitative estimate of drug-likeness (QED) is 0.464. The van der Waals surface area contributed by atoms with E-state index in [0.717, 1.165) is 31.8 Å². The minimum absolute atomic E-state index is 0.182. The Morgan fingerprint density at radius 1 is 0.971 bits per heavy atom. The highest BCUT2D eigenvalue weighted by atomic mass is 28.4. The molecule has 1 atom stereocenters. The van der Waals surface area contributed by atoms with Crippen LogP contribution in [0.2, 0.25) is 18.1 Å². The van der Waals surface area contributed by atoms with Gasteiger partial charge in [-0.25, -0.2) is 0 Å². The van der Waals surface area contributed by atoms with Gasteiger partial charge in [0.25, 0.3) is 0 Å². The molecule has 0 bridgehead atoms. The van der Waals surface area contributed by atoms with Gasteiger partial charge in [-0.2, -0.15) is 0 Å². The van der Waals surface area contributed by atoms with Gasteiger partial charge in [0.15, 0.2) is 0 Å². The smallest absolute Gasteiger partial charge is 0.250 e. The van der Waals surface area contributed by atoms with Crippen LogP contribution in [0.1, 0.15) is 38.8 Å². The number of hydrogen-bond acceptors (Lipinski definition) is 4. The Bertz CT molecular complexity index is 1070. The Hall–Kier alpha value is -2.92. The van der Waals surface area contributed by atoms with Gasteiger partial charge in [-0.15, -0.1) is 0 Å². The van der Waals surface area contributed by atoms with Crippen LogP contribution in [0.3, 0.4) is 0 Å². The predicted octanol–water partition coefficient (Wildman–Crippen LogP) is 7.22. The molecule has 0 spiro atoms. The molecule has 34 heavy (non-hydrogen) atoms. The number of piperazine rings is 1. The number of allylic oxidation sites excluding steroid dienone is 4. The molecule has 0 radical (unpaired) electrons. The summed E-state index contributed by atoms with van der Waals surface area (Å²) in [4.78, 5) is 4.93. The first-order valence-corrected chi connectivity index (χ1v) is 15.2. The van der Waals surface area contributed by atoms with Crippen LogP contribution >= 0.6 is 0 Å². The lowest BCUT2D eigenvalue weighted by molar-refractivity contribution is 0.251. The zero-order chi connectivity index (χ0) is 24.3. The highest BCUT2D eigenvalue weighted by Gasteiger charge is 2.39. The standard InChI is InChI=1S/C29H38N2O2Si/c1-29(2,3)34(4,5)33-27-17-13-25(14-18-27)30-19-20-31(21-23-11-15-26(32)16-12-23)28(22-30)24-9-7-6-8-10-24/h6-11,13-18,21,28,32H,12,19-20,22H2,1-5H3/t28-/m1/s1. The average molecular weight is 475 g/mol. The van der Waals surface area contributed by atoms with E-state index in [4.69, 9.17) is 4.43 Å². The third kappa shape index (κ3) is 5.58. The predicted molar refractivity (Wildman–Crippen MR) is 145 cm³/mol. The number of anilines is 1. The molecular weight excluding hydrogens is 436 g/mol. The molecule has 1 saturated heterocycles. The monoisotopic (exact) mass is 474 g/mol. The van der Waals surface area contributed by atoms with Gasteiger partial charge in [0.1, 0.15) is 11.5 Å². The van der Waals surface area contributed by atoms with E-state index < -0.39 is 8.32 Å². The Labute approximate surface area is 206 Å². The second kappa shape index (κ2) is 9.75. The van der Waals surface area contributed by atoms with Crippen LogP contribution in [0.5, 0.6) is 5.75 Å². The van der Waals surface area contributed by atoms with Gasteiger partial charge in [0, 0.05) is 31.5 Å². The van der Waals surface area contributed by atoms with Gasteiger partial charge in [0.05, 0.1) is 6.04 Å². The summed E-state index contributed by atoms with van der Waals surface area (Å²) in [6.07, 6.45) is 8.69. The molecule has 1 aliphatic carbocycles.